The van der Waals surface area contributed by atoms with Crippen LogP contribution < -0.4 is 0 Å². The second kappa shape index (κ2) is 4.17. The van der Waals surface area contributed by atoms with E-state index in [2.05, 4.69) is 14.9 Å². The van der Waals surface area contributed by atoms with Crippen LogP contribution in [0.5, 0.6) is 0 Å². The maximum atomic E-state index is 8.16. The molecule has 0 amide bonds. The molecule has 2 heterocycles. The first-order valence-corrected chi connectivity index (χ1v) is 5.11. The Labute approximate surface area is 83.7 Å². The lowest BCUT2D eigenvalue weighted by atomic mass is 9.68. The Hall–Kier alpha value is -0.770. The standard InChI is InChI=1S/C9H16N4O/c1-14-9-7-4-8(9)6-13(5-7)3-2-11-12-10/h7-9H,2-6H2,1H3/t7-,8-/m0/s1. The highest BCUT2D eigenvalue weighted by molar-refractivity contribution is 4.98. The van der Waals surface area contributed by atoms with Gasteiger partial charge in [0.1, 0.15) is 0 Å². The van der Waals surface area contributed by atoms with E-state index >= 15 is 0 Å². The molecule has 2 bridgehead atoms. The fraction of sp³-hybridized carbons (Fsp3) is 1.00. The lowest BCUT2D eigenvalue weighted by Gasteiger charge is -2.52. The van der Waals surface area contributed by atoms with Gasteiger partial charge in [-0.05, 0) is 23.8 Å². The SMILES string of the molecule is COC1[C@H]2C[C@H]1CN(CCN=[N+]=[N-])C2. The van der Waals surface area contributed by atoms with Gasteiger partial charge in [0.15, 0.2) is 0 Å². The van der Waals surface area contributed by atoms with E-state index in [0.717, 1.165) is 19.6 Å². The van der Waals surface area contributed by atoms with E-state index in [0.29, 0.717) is 24.5 Å². The number of azide groups is 1. The number of methoxy groups -OCH3 is 1. The topological polar surface area (TPSA) is 61.2 Å². The van der Waals surface area contributed by atoms with E-state index in [1.165, 1.54) is 6.42 Å². The highest BCUT2D eigenvalue weighted by Crippen LogP contribution is 2.41. The van der Waals surface area contributed by atoms with Crippen molar-refractivity contribution in [3.05, 3.63) is 10.4 Å². The van der Waals surface area contributed by atoms with Crippen LogP contribution in [0.1, 0.15) is 6.42 Å². The molecule has 78 valence electrons. The van der Waals surface area contributed by atoms with Crippen LogP contribution in [-0.2, 0) is 4.74 Å². The van der Waals surface area contributed by atoms with Gasteiger partial charge in [0.05, 0.1) is 6.10 Å². The van der Waals surface area contributed by atoms with Crippen molar-refractivity contribution in [3.63, 3.8) is 0 Å². The molecule has 2 atom stereocenters. The minimum absolute atomic E-state index is 0.491. The predicted octanol–water partition coefficient (Wildman–Crippen LogP) is 1.26. The molecule has 0 aromatic carbocycles. The van der Waals surface area contributed by atoms with E-state index in [1.54, 1.807) is 7.11 Å². The minimum atomic E-state index is 0.491. The van der Waals surface area contributed by atoms with Gasteiger partial charge < -0.3 is 9.64 Å². The summed E-state index contributed by atoms with van der Waals surface area (Å²) in [5.74, 6) is 1.43. The van der Waals surface area contributed by atoms with Crippen molar-refractivity contribution >= 4 is 0 Å². The first kappa shape index (κ1) is 9.77. The van der Waals surface area contributed by atoms with Gasteiger partial charge in [-0.2, -0.15) is 0 Å². The summed E-state index contributed by atoms with van der Waals surface area (Å²) in [5, 5.41) is 3.55. The van der Waals surface area contributed by atoms with Gasteiger partial charge in [-0.15, -0.1) is 0 Å². The molecule has 3 aliphatic rings. The first-order valence-electron chi connectivity index (χ1n) is 5.11. The maximum Gasteiger partial charge on any atom is 0.0652 e. The van der Waals surface area contributed by atoms with Crippen molar-refractivity contribution in [2.45, 2.75) is 12.5 Å². The fourth-order valence-electron chi connectivity index (χ4n) is 2.74. The summed E-state index contributed by atoms with van der Waals surface area (Å²) in [6.07, 6.45) is 1.81. The molecule has 3 rings (SSSR count). The quantitative estimate of drug-likeness (QED) is 0.386. The van der Waals surface area contributed by atoms with Crippen LogP contribution in [0.3, 0.4) is 0 Å². The molecule has 5 heteroatoms. The molecule has 2 aliphatic heterocycles. The summed E-state index contributed by atoms with van der Waals surface area (Å²) < 4.78 is 5.42. The number of piperidine rings is 2. The first-order chi connectivity index (χ1) is 6.85. The minimum Gasteiger partial charge on any atom is -0.381 e. The number of fused-ring (bicyclic) bond motifs is 2. The van der Waals surface area contributed by atoms with Crippen molar-refractivity contribution in [3.8, 4) is 0 Å². The summed E-state index contributed by atoms with van der Waals surface area (Å²) in [6.45, 7) is 3.70. The van der Waals surface area contributed by atoms with E-state index in [4.69, 9.17) is 10.3 Å². The lowest BCUT2D eigenvalue weighted by Crippen LogP contribution is -2.59. The Morgan fingerprint density at radius 2 is 2.21 bits per heavy atom. The third-order valence-corrected chi connectivity index (χ3v) is 3.37. The van der Waals surface area contributed by atoms with E-state index in [-0.39, 0.29) is 0 Å². The Kier molecular flexibility index (Phi) is 2.91. The number of hydrogen-bond donors (Lipinski definition) is 0. The van der Waals surface area contributed by atoms with Gasteiger partial charge in [-0.3, -0.25) is 0 Å². The zero-order chi connectivity index (χ0) is 9.97. The Bertz CT molecular complexity index is 239. The molecule has 0 N–H and O–H groups in total. The van der Waals surface area contributed by atoms with E-state index in [1.807, 2.05) is 0 Å². The summed E-state index contributed by atoms with van der Waals surface area (Å²) in [7, 11) is 1.81. The second-order valence-electron chi connectivity index (χ2n) is 4.17. The summed E-state index contributed by atoms with van der Waals surface area (Å²) in [6, 6.07) is 0. The molecule has 5 nitrogen and oxygen atoms in total. The summed E-state index contributed by atoms with van der Waals surface area (Å²) in [4.78, 5) is 5.13. The molecule has 2 saturated heterocycles. The molecular formula is C9H16N4O. The lowest BCUT2D eigenvalue weighted by molar-refractivity contribution is -0.126. The van der Waals surface area contributed by atoms with Crippen LogP contribution in [0.4, 0.5) is 0 Å². The Morgan fingerprint density at radius 3 is 2.79 bits per heavy atom. The third-order valence-electron chi connectivity index (χ3n) is 3.37. The van der Waals surface area contributed by atoms with Crippen LogP contribution in [0.25, 0.3) is 10.4 Å². The average Bonchev–Trinajstić information content (AvgIpc) is 2.19. The van der Waals surface area contributed by atoms with Gasteiger partial charge in [-0.25, -0.2) is 0 Å². The zero-order valence-electron chi connectivity index (χ0n) is 8.46. The van der Waals surface area contributed by atoms with Crippen LogP contribution >= 0.6 is 0 Å². The molecule has 1 aliphatic carbocycles. The molecular weight excluding hydrogens is 180 g/mol. The third kappa shape index (κ3) is 1.71. The van der Waals surface area contributed by atoms with Crippen molar-refractivity contribution < 1.29 is 4.74 Å². The fourth-order valence-corrected chi connectivity index (χ4v) is 2.74. The van der Waals surface area contributed by atoms with Gasteiger partial charge in [-0.1, -0.05) is 5.11 Å². The van der Waals surface area contributed by atoms with Crippen LogP contribution in [-0.4, -0.2) is 44.3 Å². The molecule has 1 saturated carbocycles. The molecule has 0 aromatic rings. The number of hydrogen-bond acceptors (Lipinski definition) is 3. The Morgan fingerprint density at radius 1 is 1.50 bits per heavy atom. The van der Waals surface area contributed by atoms with Crippen LogP contribution in [0, 0.1) is 11.8 Å². The zero-order valence-corrected chi connectivity index (χ0v) is 8.46. The molecule has 0 unspecified atom stereocenters. The van der Waals surface area contributed by atoms with Crippen molar-refractivity contribution in [2.75, 3.05) is 33.3 Å². The molecule has 0 aromatic heterocycles. The Balaban J connectivity index is 1.76. The van der Waals surface area contributed by atoms with Crippen molar-refractivity contribution in [2.24, 2.45) is 17.0 Å². The highest BCUT2D eigenvalue weighted by Gasteiger charge is 2.46. The second-order valence-corrected chi connectivity index (χ2v) is 4.17. The number of ether oxygens (including phenoxy) is 1. The maximum absolute atomic E-state index is 8.16. The average molecular weight is 196 g/mol. The van der Waals surface area contributed by atoms with Crippen molar-refractivity contribution in [1.82, 2.24) is 4.90 Å². The van der Waals surface area contributed by atoms with Crippen LogP contribution in [0.15, 0.2) is 5.11 Å². The van der Waals surface area contributed by atoms with Gasteiger partial charge in [0.2, 0.25) is 0 Å². The van der Waals surface area contributed by atoms with Crippen molar-refractivity contribution in [1.29, 1.82) is 0 Å². The highest BCUT2D eigenvalue weighted by atomic mass is 16.5. The molecule has 3 fully saturated rings. The largest absolute Gasteiger partial charge is 0.381 e. The van der Waals surface area contributed by atoms with Gasteiger partial charge in [0, 0.05) is 38.2 Å². The number of nitrogens with zero attached hydrogens (tertiary/aromatic N) is 4. The summed E-state index contributed by atoms with van der Waals surface area (Å²) in [5.41, 5.74) is 8.16. The monoisotopic (exact) mass is 196 g/mol. The van der Waals surface area contributed by atoms with E-state index < -0.39 is 0 Å². The number of rotatable bonds is 4. The normalized spacial score (nSPS) is 35.9. The van der Waals surface area contributed by atoms with E-state index in [9.17, 15) is 0 Å². The molecule has 14 heavy (non-hydrogen) atoms. The predicted molar refractivity (Wildman–Crippen MR) is 52.8 cm³/mol. The molecule has 0 spiro atoms. The van der Waals surface area contributed by atoms with Crippen LogP contribution in [0.2, 0.25) is 0 Å². The van der Waals surface area contributed by atoms with Gasteiger partial charge >= 0.3 is 0 Å². The molecule has 0 radical (unpaired) electrons. The van der Waals surface area contributed by atoms with Gasteiger partial charge in [0.25, 0.3) is 0 Å². The summed E-state index contributed by atoms with van der Waals surface area (Å²) >= 11 is 0. The smallest absolute Gasteiger partial charge is 0.0652 e.